The molecule has 0 saturated carbocycles. The highest BCUT2D eigenvalue weighted by Gasteiger charge is 2.30. The summed E-state index contributed by atoms with van der Waals surface area (Å²) in [5.74, 6) is 1.14. The summed E-state index contributed by atoms with van der Waals surface area (Å²) in [6.07, 6.45) is 0. The molecule has 1 aromatic rings. The van der Waals surface area contributed by atoms with Gasteiger partial charge in [-0.05, 0) is 31.2 Å². The second-order valence-corrected chi connectivity index (χ2v) is 8.03. The van der Waals surface area contributed by atoms with Gasteiger partial charge in [0.25, 0.3) is 5.91 Å². The van der Waals surface area contributed by atoms with Crippen LogP contribution >= 0.6 is 0 Å². The number of carbonyl (C=O) groups excluding carboxylic acids is 2. The third-order valence-corrected chi connectivity index (χ3v) is 4.77. The van der Waals surface area contributed by atoms with E-state index in [4.69, 9.17) is 4.74 Å². The van der Waals surface area contributed by atoms with Crippen molar-refractivity contribution in [2.24, 2.45) is 5.41 Å². The maximum atomic E-state index is 12.3. The van der Waals surface area contributed by atoms with Gasteiger partial charge in [-0.15, -0.1) is 0 Å². The predicted molar refractivity (Wildman–Crippen MR) is 102 cm³/mol. The van der Waals surface area contributed by atoms with Gasteiger partial charge < -0.3 is 19.9 Å². The van der Waals surface area contributed by atoms with Crippen molar-refractivity contribution in [2.75, 3.05) is 51.2 Å². The molecular formula is C20H33N3O3+2. The molecule has 1 aliphatic rings. The molecule has 0 spiro atoms. The molecule has 1 aromatic carbocycles. The first-order valence-corrected chi connectivity index (χ1v) is 9.51. The number of ether oxygens (including phenoxy) is 1. The summed E-state index contributed by atoms with van der Waals surface area (Å²) in [5, 5.41) is 2.95. The molecule has 2 rings (SSSR count). The lowest BCUT2D eigenvalue weighted by Gasteiger charge is -2.30. The Morgan fingerprint density at radius 2 is 1.54 bits per heavy atom. The third-order valence-electron chi connectivity index (χ3n) is 4.77. The van der Waals surface area contributed by atoms with E-state index in [-0.39, 0.29) is 11.3 Å². The summed E-state index contributed by atoms with van der Waals surface area (Å²) in [6.45, 7) is 13.3. The summed E-state index contributed by atoms with van der Waals surface area (Å²) in [4.78, 5) is 27.0. The van der Waals surface area contributed by atoms with Crippen molar-refractivity contribution in [1.82, 2.24) is 0 Å². The van der Waals surface area contributed by atoms with E-state index in [2.05, 4.69) is 5.32 Å². The van der Waals surface area contributed by atoms with Crippen LogP contribution in [-0.2, 0) is 9.59 Å². The van der Waals surface area contributed by atoms with Gasteiger partial charge in [-0.1, -0.05) is 20.8 Å². The zero-order chi connectivity index (χ0) is 19.2. The Morgan fingerprint density at radius 1 is 1.00 bits per heavy atom. The first-order valence-electron chi connectivity index (χ1n) is 9.51. The van der Waals surface area contributed by atoms with Crippen LogP contribution in [0.25, 0.3) is 0 Å². The van der Waals surface area contributed by atoms with Crippen molar-refractivity contribution in [1.29, 1.82) is 0 Å². The smallest absolute Gasteiger partial charge is 0.279 e. The van der Waals surface area contributed by atoms with Gasteiger partial charge in [0, 0.05) is 11.1 Å². The van der Waals surface area contributed by atoms with Crippen molar-refractivity contribution in [3.8, 4) is 5.75 Å². The molecular weight excluding hydrogens is 330 g/mol. The SMILES string of the molecule is CCOc1ccc(NC(=O)C[NH+]2CC[NH+](CC(=O)C(C)(C)C)CC2)cc1. The van der Waals surface area contributed by atoms with Crippen LogP contribution in [0.4, 0.5) is 5.69 Å². The number of Topliss-reactive ketones (excluding diaryl/α,β-unsaturated/α-hetero) is 1. The Hall–Kier alpha value is -1.92. The van der Waals surface area contributed by atoms with E-state index >= 15 is 0 Å². The van der Waals surface area contributed by atoms with Gasteiger partial charge >= 0.3 is 0 Å². The largest absolute Gasteiger partial charge is 0.494 e. The molecule has 0 atom stereocenters. The highest BCUT2D eigenvalue weighted by atomic mass is 16.5. The number of nitrogens with one attached hydrogen (secondary N) is 3. The molecule has 0 radical (unpaired) electrons. The lowest BCUT2D eigenvalue weighted by Crippen LogP contribution is -3.28. The molecule has 3 N–H and O–H groups in total. The van der Waals surface area contributed by atoms with Crippen LogP contribution in [0.15, 0.2) is 24.3 Å². The number of piperazine rings is 1. The van der Waals surface area contributed by atoms with Gasteiger partial charge in [0.05, 0.1) is 6.61 Å². The number of hydrogen-bond donors (Lipinski definition) is 3. The molecule has 0 aromatic heterocycles. The topological polar surface area (TPSA) is 64.3 Å². The van der Waals surface area contributed by atoms with Crippen LogP contribution in [0.3, 0.4) is 0 Å². The van der Waals surface area contributed by atoms with E-state index in [9.17, 15) is 9.59 Å². The molecule has 26 heavy (non-hydrogen) atoms. The third kappa shape index (κ3) is 6.42. The molecule has 1 saturated heterocycles. The second-order valence-electron chi connectivity index (χ2n) is 8.03. The second kappa shape index (κ2) is 9.14. The Kier molecular flexibility index (Phi) is 7.17. The first kappa shape index (κ1) is 20.4. The molecule has 0 unspecified atom stereocenters. The average molecular weight is 364 g/mol. The van der Waals surface area contributed by atoms with E-state index in [1.807, 2.05) is 52.0 Å². The summed E-state index contributed by atoms with van der Waals surface area (Å²) in [7, 11) is 0. The fourth-order valence-electron chi connectivity index (χ4n) is 3.04. The van der Waals surface area contributed by atoms with Crippen LogP contribution in [0, 0.1) is 5.41 Å². The fourth-order valence-corrected chi connectivity index (χ4v) is 3.04. The molecule has 0 bridgehead atoms. The van der Waals surface area contributed by atoms with Gasteiger partial charge in [-0.3, -0.25) is 9.59 Å². The first-order chi connectivity index (χ1) is 12.3. The lowest BCUT2D eigenvalue weighted by molar-refractivity contribution is -1.00. The van der Waals surface area contributed by atoms with Crippen molar-refractivity contribution < 1.29 is 24.1 Å². The number of amides is 1. The highest BCUT2D eigenvalue weighted by Crippen LogP contribution is 2.15. The summed E-state index contributed by atoms with van der Waals surface area (Å²) < 4.78 is 5.40. The molecule has 6 heteroatoms. The van der Waals surface area contributed by atoms with Gasteiger partial charge in [-0.2, -0.15) is 0 Å². The maximum absolute atomic E-state index is 12.3. The normalized spacial score (nSPS) is 20.5. The van der Waals surface area contributed by atoms with Crippen molar-refractivity contribution >= 4 is 17.4 Å². The number of ketones is 1. The van der Waals surface area contributed by atoms with Crippen molar-refractivity contribution in [3.05, 3.63) is 24.3 Å². The van der Waals surface area contributed by atoms with Gasteiger partial charge in [0.15, 0.2) is 12.3 Å². The highest BCUT2D eigenvalue weighted by molar-refractivity contribution is 5.91. The monoisotopic (exact) mass is 363 g/mol. The Labute approximate surface area is 156 Å². The number of quaternary nitrogens is 2. The minimum atomic E-state index is -0.269. The number of benzene rings is 1. The molecule has 1 aliphatic heterocycles. The van der Waals surface area contributed by atoms with Gasteiger partial charge in [0.2, 0.25) is 0 Å². The zero-order valence-corrected chi connectivity index (χ0v) is 16.5. The molecule has 1 fully saturated rings. The van der Waals surface area contributed by atoms with Crippen molar-refractivity contribution in [2.45, 2.75) is 27.7 Å². The predicted octanol–water partition coefficient (Wildman–Crippen LogP) is -0.578. The van der Waals surface area contributed by atoms with E-state index in [1.54, 1.807) is 0 Å². The van der Waals surface area contributed by atoms with Gasteiger partial charge in [-0.25, -0.2) is 0 Å². The number of anilines is 1. The number of carbonyl (C=O) groups is 2. The van der Waals surface area contributed by atoms with Crippen LogP contribution < -0.4 is 19.9 Å². The minimum absolute atomic E-state index is 0.0263. The molecule has 6 nitrogen and oxygen atoms in total. The molecule has 1 heterocycles. The van der Waals surface area contributed by atoms with Crippen LogP contribution in [-0.4, -0.2) is 57.6 Å². The minimum Gasteiger partial charge on any atom is -0.494 e. The molecule has 1 amide bonds. The van der Waals surface area contributed by atoms with Crippen LogP contribution in [0.2, 0.25) is 0 Å². The Morgan fingerprint density at radius 3 is 2.04 bits per heavy atom. The van der Waals surface area contributed by atoms with Gasteiger partial charge in [0.1, 0.15) is 38.5 Å². The van der Waals surface area contributed by atoms with E-state index in [0.29, 0.717) is 25.5 Å². The Balaban J connectivity index is 1.73. The fraction of sp³-hybridized carbons (Fsp3) is 0.600. The number of rotatable bonds is 7. The standard InChI is InChI=1S/C20H31N3O3/c1-5-26-17-8-6-16(7-9-17)21-19(25)15-23-12-10-22(11-13-23)14-18(24)20(2,3)4/h6-9H,5,10-15H2,1-4H3,(H,21,25)/p+2. The van der Waals surface area contributed by atoms with E-state index < -0.39 is 0 Å². The van der Waals surface area contributed by atoms with Crippen LogP contribution in [0.1, 0.15) is 27.7 Å². The van der Waals surface area contributed by atoms with E-state index in [1.165, 1.54) is 9.80 Å². The van der Waals surface area contributed by atoms with E-state index in [0.717, 1.165) is 37.6 Å². The zero-order valence-electron chi connectivity index (χ0n) is 16.5. The quantitative estimate of drug-likeness (QED) is 0.608. The maximum Gasteiger partial charge on any atom is 0.279 e. The average Bonchev–Trinajstić information content (AvgIpc) is 2.58. The summed E-state index contributed by atoms with van der Waals surface area (Å²) in [5.41, 5.74) is 0.520. The molecule has 144 valence electrons. The van der Waals surface area contributed by atoms with Crippen molar-refractivity contribution in [3.63, 3.8) is 0 Å². The molecule has 0 aliphatic carbocycles. The van der Waals surface area contributed by atoms with Crippen LogP contribution in [0.5, 0.6) is 5.75 Å². The number of hydrogen-bond acceptors (Lipinski definition) is 3. The summed E-state index contributed by atoms with van der Waals surface area (Å²) in [6, 6.07) is 7.44. The Bertz CT molecular complexity index is 600. The lowest BCUT2D eigenvalue weighted by atomic mass is 9.90. The summed E-state index contributed by atoms with van der Waals surface area (Å²) >= 11 is 0.